The lowest BCUT2D eigenvalue weighted by Gasteiger charge is -2.25. The number of hydrogen-bond acceptors (Lipinski definition) is 8. The van der Waals surface area contributed by atoms with Gasteiger partial charge in [0, 0.05) is 10.6 Å². The zero-order valence-electron chi connectivity index (χ0n) is 23.9. The van der Waals surface area contributed by atoms with Gasteiger partial charge in [-0.3, -0.25) is 9.36 Å². The van der Waals surface area contributed by atoms with Gasteiger partial charge >= 0.3 is 5.97 Å². The van der Waals surface area contributed by atoms with Crippen molar-refractivity contribution in [3.8, 4) is 17.2 Å². The van der Waals surface area contributed by atoms with Gasteiger partial charge in [-0.05, 0) is 77.3 Å². The number of allylic oxidation sites excluding steroid dienone is 1. The molecule has 43 heavy (non-hydrogen) atoms. The summed E-state index contributed by atoms with van der Waals surface area (Å²) in [5.41, 5.74) is 2.80. The Kier molecular flexibility index (Phi) is 9.39. The number of methoxy groups -OCH3 is 2. The number of esters is 1. The molecule has 0 fully saturated rings. The summed E-state index contributed by atoms with van der Waals surface area (Å²) in [5.74, 6) is 1.11. The molecule has 0 aliphatic carbocycles. The number of thiazole rings is 1. The molecule has 0 amide bonds. The maximum absolute atomic E-state index is 14.0. The van der Waals surface area contributed by atoms with Gasteiger partial charge in [0.2, 0.25) is 0 Å². The number of hydrogen-bond donors (Lipinski definition) is 0. The van der Waals surface area contributed by atoms with Crippen LogP contribution in [0.4, 0.5) is 0 Å². The Hall–Kier alpha value is -3.86. The van der Waals surface area contributed by atoms with Crippen LogP contribution in [-0.2, 0) is 16.1 Å². The monoisotopic (exact) mass is 682 g/mol. The highest BCUT2D eigenvalue weighted by atomic mass is 79.9. The first-order chi connectivity index (χ1) is 20.7. The van der Waals surface area contributed by atoms with Crippen LogP contribution in [0.5, 0.6) is 17.2 Å². The maximum Gasteiger partial charge on any atom is 0.338 e. The fourth-order valence-corrected chi connectivity index (χ4v) is 6.52. The number of nitrogens with zero attached hydrogens (tertiary/aromatic N) is 2. The molecular formula is C32H28BrClN2O6S. The molecule has 1 aliphatic heterocycles. The summed E-state index contributed by atoms with van der Waals surface area (Å²) in [5, 5.41) is 0.637. The summed E-state index contributed by atoms with van der Waals surface area (Å²) in [4.78, 5) is 32.3. The summed E-state index contributed by atoms with van der Waals surface area (Å²) in [7, 11) is 3.08. The van der Waals surface area contributed by atoms with Gasteiger partial charge in [-0.2, -0.15) is 0 Å². The van der Waals surface area contributed by atoms with Crippen molar-refractivity contribution in [2.24, 2.45) is 4.99 Å². The van der Waals surface area contributed by atoms with Crippen LogP contribution in [0.25, 0.3) is 6.08 Å². The van der Waals surface area contributed by atoms with E-state index in [2.05, 4.69) is 20.9 Å². The first-order valence-electron chi connectivity index (χ1n) is 13.3. The third-order valence-electron chi connectivity index (χ3n) is 6.84. The van der Waals surface area contributed by atoms with Crippen molar-refractivity contribution in [3.05, 3.63) is 118 Å². The van der Waals surface area contributed by atoms with E-state index in [1.165, 1.54) is 23.0 Å². The van der Waals surface area contributed by atoms with E-state index < -0.39 is 12.0 Å². The number of carbonyl (C=O) groups is 1. The lowest BCUT2D eigenvalue weighted by molar-refractivity contribution is -0.139. The second kappa shape index (κ2) is 13.2. The minimum Gasteiger partial charge on any atom is -0.493 e. The predicted molar refractivity (Wildman–Crippen MR) is 170 cm³/mol. The standard InChI is InChI=1S/C32H28BrClN2O6S/c1-5-41-31(38)28-18(2)35-32-36(29(28)20-11-13-25(39-3)26(16-20)40-4)30(37)27(43-32)15-19-10-12-24(22(33)14-19)42-17-21-8-6-7-9-23(21)34/h6-16,29H,5,17H2,1-4H3/b27-15-/t29-/m1/s1. The summed E-state index contributed by atoms with van der Waals surface area (Å²) in [6.07, 6.45) is 1.79. The molecule has 1 atom stereocenters. The third-order valence-corrected chi connectivity index (χ3v) is 8.81. The van der Waals surface area contributed by atoms with E-state index in [9.17, 15) is 9.59 Å². The topological polar surface area (TPSA) is 88.4 Å². The van der Waals surface area contributed by atoms with Gasteiger partial charge < -0.3 is 18.9 Å². The van der Waals surface area contributed by atoms with Gasteiger partial charge in [0.05, 0.1) is 47.1 Å². The van der Waals surface area contributed by atoms with Gasteiger partial charge in [0.1, 0.15) is 12.4 Å². The highest BCUT2D eigenvalue weighted by Gasteiger charge is 2.34. The van der Waals surface area contributed by atoms with Crippen molar-refractivity contribution in [1.29, 1.82) is 0 Å². The van der Waals surface area contributed by atoms with E-state index in [-0.39, 0.29) is 17.7 Å². The summed E-state index contributed by atoms with van der Waals surface area (Å²) < 4.78 is 25.0. The lowest BCUT2D eigenvalue weighted by Crippen LogP contribution is -2.39. The molecule has 5 rings (SSSR count). The number of rotatable bonds is 9. The second-order valence-corrected chi connectivity index (χ2v) is 11.8. The highest BCUT2D eigenvalue weighted by Crippen LogP contribution is 2.36. The van der Waals surface area contributed by atoms with Crippen LogP contribution in [0.2, 0.25) is 5.02 Å². The Labute approximate surface area is 265 Å². The molecule has 222 valence electrons. The number of halogens is 2. The number of aromatic nitrogens is 1. The Morgan fingerprint density at radius 3 is 2.51 bits per heavy atom. The molecule has 4 aromatic rings. The zero-order chi connectivity index (χ0) is 30.7. The van der Waals surface area contributed by atoms with Crippen molar-refractivity contribution in [2.75, 3.05) is 20.8 Å². The van der Waals surface area contributed by atoms with Crippen LogP contribution in [0.1, 0.15) is 36.6 Å². The Bertz CT molecular complexity index is 1920. The molecule has 8 nitrogen and oxygen atoms in total. The molecule has 0 spiro atoms. The van der Waals surface area contributed by atoms with E-state index in [0.29, 0.717) is 49.5 Å². The minimum atomic E-state index is -0.774. The summed E-state index contributed by atoms with van der Waals surface area (Å²) in [6.45, 7) is 3.98. The molecular weight excluding hydrogens is 656 g/mol. The minimum absolute atomic E-state index is 0.186. The lowest BCUT2D eigenvalue weighted by atomic mass is 9.95. The van der Waals surface area contributed by atoms with Gasteiger partial charge in [0.25, 0.3) is 5.56 Å². The molecule has 2 heterocycles. The van der Waals surface area contributed by atoms with Crippen LogP contribution < -0.4 is 29.1 Å². The molecule has 11 heteroatoms. The van der Waals surface area contributed by atoms with Crippen LogP contribution in [-0.4, -0.2) is 31.4 Å². The normalized spacial score (nSPS) is 14.7. The molecule has 0 radical (unpaired) electrons. The number of fused-ring (bicyclic) bond motifs is 1. The molecule has 1 aromatic heterocycles. The van der Waals surface area contributed by atoms with Crippen LogP contribution in [0, 0.1) is 0 Å². The first kappa shape index (κ1) is 30.6. The van der Waals surface area contributed by atoms with Crippen molar-refractivity contribution >= 4 is 50.9 Å². The third kappa shape index (κ3) is 6.27. The molecule has 0 N–H and O–H groups in total. The molecule has 0 bridgehead atoms. The molecule has 3 aromatic carbocycles. The van der Waals surface area contributed by atoms with Crippen LogP contribution >= 0.6 is 38.9 Å². The predicted octanol–water partition coefficient (Wildman–Crippen LogP) is 5.81. The van der Waals surface area contributed by atoms with Crippen LogP contribution in [0.15, 0.2) is 86.2 Å². The average Bonchev–Trinajstić information content (AvgIpc) is 3.30. The van der Waals surface area contributed by atoms with Crippen molar-refractivity contribution in [2.45, 2.75) is 26.5 Å². The van der Waals surface area contributed by atoms with E-state index in [4.69, 9.17) is 30.5 Å². The van der Waals surface area contributed by atoms with E-state index in [1.807, 2.05) is 42.5 Å². The van der Waals surface area contributed by atoms with Gasteiger partial charge in [-0.1, -0.05) is 53.3 Å². The van der Waals surface area contributed by atoms with Crippen molar-refractivity contribution in [1.82, 2.24) is 4.57 Å². The zero-order valence-corrected chi connectivity index (χ0v) is 27.0. The maximum atomic E-state index is 14.0. The quantitative estimate of drug-likeness (QED) is 0.207. The van der Waals surface area contributed by atoms with Crippen molar-refractivity contribution < 1.29 is 23.7 Å². The van der Waals surface area contributed by atoms with E-state index in [1.54, 1.807) is 45.2 Å². The highest BCUT2D eigenvalue weighted by molar-refractivity contribution is 9.10. The van der Waals surface area contributed by atoms with E-state index >= 15 is 0 Å². The Morgan fingerprint density at radius 2 is 1.81 bits per heavy atom. The smallest absolute Gasteiger partial charge is 0.338 e. The van der Waals surface area contributed by atoms with Gasteiger partial charge in [-0.15, -0.1) is 0 Å². The Balaban J connectivity index is 1.56. The number of ether oxygens (including phenoxy) is 4. The second-order valence-electron chi connectivity index (χ2n) is 9.49. The summed E-state index contributed by atoms with van der Waals surface area (Å²) >= 11 is 11.1. The molecule has 0 unspecified atom stereocenters. The number of benzene rings is 3. The Morgan fingerprint density at radius 1 is 1.07 bits per heavy atom. The van der Waals surface area contributed by atoms with E-state index in [0.717, 1.165) is 15.6 Å². The molecule has 1 aliphatic rings. The fraction of sp³-hybridized carbons (Fsp3) is 0.219. The SMILES string of the molecule is CCOC(=O)C1=C(C)N=c2s/c(=C\c3ccc(OCc4ccccc4Cl)c(Br)c3)c(=O)n2[C@@H]1c1ccc(OC)c(OC)c1. The summed E-state index contributed by atoms with van der Waals surface area (Å²) in [6, 6.07) is 17.6. The number of carbonyl (C=O) groups excluding carboxylic acids is 1. The van der Waals surface area contributed by atoms with Gasteiger partial charge in [0.15, 0.2) is 16.3 Å². The largest absolute Gasteiger partial charge is 0.493 e. The molecule has 0 saturated heterocycles. The van der Waals surface area contributed by atoms with Gasteiger partial charge in [-0.25, -0.2) is 9.79 Å². The van der Waals surface area contributed by atoms with Crippen molar-refractivity contribution in [3.63, 3.8) is 0 Å². The fourth-order valence-electron chi connectivity index (χ4n) is 4.78. The first-order valence-corrected chi connectivity index (χ1v) is 15.3. The molecule has 0 saturated carbocycles. The average molecular weight is 684 g/mol. The van der Waals surface area contributed by atoms with Crippen LogP contribution in [0.3, 0.4) is 0 Å².